The predicted octanol–water partition coefficient (Wildman–Crippen LogP) is 1.37. The molecule has 0 saturated carbocycles. The summed E-state index contributed by atoms with van der Waals surface area (Å²) in [6.07, 6.45) is -0.238. The highest BCUT2D eigenvalue weighted by Gasteiger charge is 2.45. The number of nitrogens with two attached hydrogens (primary N) is 1. The molecule has 1 unspecified atom stereocenters. The largest absolute Gasteiger partial charge is 0.493 e. The smallest absolute Gasteiger partial charge is 0.338 e. The van der Waals surface area contributed by atoms with Crippen molar-refractivity contribution < 1.29 is 28.9 Å². The molecule has 23 heavy (non-hydrogen) atoms. The summed E-state index contributed by atoms with van der Waals surface area (Å²) >= 11 is 0. The van der Waals surface area contributed by atoms with E-state index in [9.17, 15) is 14.7 Å². The monoisotopic (exact) mass is 325 g/mol. The molecule has 0 fully saturated rings. The third-order valence-corrected chi connectivity index (χ3v) is 3.08. The lowest BCUT2D eigenvalue weighted by atomic mass is 9.91. The maximum Gasteiger partial charge on any atom is 0.338 e. The van der Waals surface area contributed by atoms with Gasteiger partial charge in [0.25, 0.3) is 0 Å². The highest BCUT2D eigenvalue weighted by atomic mass is 16.6. The summed E-state index contributed by atoms with van der Waals surface area (Å²) in [7, 11) is 2.95. The van der Waals surface area contributed by atoms with Crippen LogP contribution in [0.1, 0.15) is 26.3 Å². The van der Waals surface area contributed by atoms with Crippen molar-refractivity contribution in [3.63, 3.8) is 0 Å². The Kier molecular flexibility index (Phi) is 5.60. The number of carboxylic acid groups (broad SMARTS) is 1. The first-order chi connectivity index (χ1) is 10.5. The molecular formula is C16H23NO6. The van der Waals surface area contributed by atoms with E-state index in [0.29, 0.717) is 17.1 Å². The molecule has 0 aromatic heterocycles. The predicted molar refractivity (Wildman–Crippen MR) is 83.6 cm³/mol. The molecule has 0 radical (unpaired) electrons. The number of aliphatic carboxylic acids is 1. The van der Waals surface area contributed by atoms with Gasteiger partial charge in [-0.1, -0.05) is 6.07 Å². The number of carbonyl (C=O) groups excluding carboxylic acids is 1. The zero-order valence-corrected chi connectivity index (χ0v) is 14.0. The summed E-state index contributed by atoms with van der Waals surface area (Å²) in [5.41, 5.74) is 3.33. The van der Waals surface area contributed by atoms with Gasteiger partial charge in [0.1, 0.15) is 5.60 Å². The van der Waals surface area contributed by atoms with Gasteiger partial charge in [-0.25, -0.2) is 9.59 Å². The van der Waals surface area contributed by atoms with E-state index in [-0.39, 0.29) is 6.42 Å². The van der Waals surface area contributed by atoms with Crippen LogP contribution in [0.5, 0.6) is 11.5 Å². The molecule has 0 saturated heterocycles. The summed E-state index contributed by atoms with van der Waals surface area (Å²) in [4.78, 5) is 23.8. The van der Waals surface area contributed by atoms with Crippen LogP contribution in [-0.2, 0) is 20.7 Å². The summed E-state index contributed by atoms with van der Waals surface area (Å²) < 4.78 is 15.4. The highest BCUT2D eigenvalue weighted by Crippen LogP contribution is 2.29. The molecule has 7 nitrogen and oxygen atoms in total. The van der Waals surface area contributed by atoms with Crippen molar-refractivity contribution in [3.8, 4) is 11.5 Å². The molecule has 1 aromatic rings. The van der Waals surface area contributed by atoms with Crippen molar-refractivity contribution >= 4 is 11.9 Å². The second-order valence-electron chi connectivity index (χ2n) is 6.14. The van der Waals surface area contributed by atoms with E-state index in [2.05, 4.69) is 0 Å². The normalized spacial score (nSPS) is 13.8. The third kappa shape index (κ3) is 4.59. The van der Waals surface area contributed by atoms with Crippen LogP contribution in [0.3, 0.4) is 0 Å². The SMILES string of the molecule is COc1ccc(CC(N)(C(=O)O)C(=O)OC(C)(C)C)cc1OC. The molecule has 0 aliphatic heterocycles. The summed E-state index contributed by atoms with van der Waals surface area (Å²) in [5, 5.41) is 9.41. The minimum absolute atomic E-state index is 0.238. The van der Waals surface area contributed by atoms with Gasteiger partial charge in [-0.05, 0) is 38.5 Å². The number of esters is 1. The molecule has 3 N–H and O–H groups in total. The number of carboxylic acids is 1. The zero-order chi connectivity index (χ0) is 17.8. The standard InChI is InChI=1S/C16H23NO6/c1-15(2,3)23-14(20)16(17,13(18)19)9-10-6-7-11(21-4)12(8-10)22-5/h6-8H,9,17H2,1-5H3,(H,18,19). The summed E-state index contributed by atoms with van der Waals surface area (Å²) in [5.74, 6) is -1.54. The molecule has 128 valence electrons. The van der Waals surface area contributed by atoms with Gasteiger partial charge in [0, 0.05) is 6.42 Å². The summed E-state index contributed by atoms with van der Waals surface area (Å²) in [6, 6.07) is 4.82. The minimum atomic E-state index is -2.19. The number of hydrogen-bond acceptors (Lipinski definition) is 6. The number of carbonyl (C=O) groups is 2. The average molecular weight is 325 g/mol. The number of hydrogen-bond donors (Lipinski definition) is 2. The highest BCUT2D eigenvalue weighted by molar-refractivity contribution is 6.04. The molecule has 0 spiro atoms. The van der Waals surface area contributed by atoms with Crippen LogP contribution >= 0.6 is 0 Å². The van der Waals surface area contributed by atoms with Crippen LogP contribution in [0.2, 0.25) is 0 Å². The van der Waals surface area contributed by atoms with E-state index in [1.165, 1.54) is 14.2 Å². The Hall–Kier alpha value is -2.28. The van der Waals surface area contributed by atoms with Gasteiger partial charge in [0.15, 0.2) is 11.5 Å². The van der Waals surface area contributed by atoms with Gasteiger partial charge in [-0.15, -0.1) is 0 Å². The third-order valence-electron chi connectivity index (χ3n) is 3.08. The lowest BCUT2D eigenvalue weighted by molar-refractivity contribution is -0.169. The van der Waals surface area contributed by atoms with Crippen LogP contribution < -0.4 is 15.2 Å². The van der Waals surface area contributed by atoms with Gasteiger partial charge in [-0.3, -0.25) is 0 Å². The molecule has 0 bridgehead atoms. The molecule has 0 heterocycles. The Balaban J connectivity index is 3.13. The second kappa shape index (κ2) is 6.87. The molecule has 1 aromatic carbocycles. The van der Waals surface area contributed by atoms with E-state index in [1.54, 1.807) is 39.0 Å². The van der Waals surface area contributed by atoms with Crippen molar-refractivity contribution in [2.24, 2.45) is 5.73 Å². The van der Waals surface area contributed by atoms with E-state index in [1.807, 2.05) is 0 Å². The van der Waals surface area contributed by atoms with Crippen molar-refractivity contribution in [1.29, 1.82) is 0 Å². The van der Waals surface area contributed by atoms with Gasteiger partial charge < -0.3 is 25.1 Å². The lowest BCUT2D eigenvalue weighted by Crippen LogP contribution is -2.58. The van der Waals surface area contributed by atoms with Gasteiger partial charge in [-0.2, -0.15) is 0 Å². The quantitative estimate of drug-likeness (QED) is 0.600. The molecule has 0 aliphatic rings. The first kappa shape index (κ1) is 18.8. The van der Waals surface area contributed by atoms with Crippen LogP contribution in [0.15, 0.2) is 18.2 Å². The molecule has 0 amide bonds. The van der Waals surface area contributed by atoms with E-state index < -0.39 is 23.1 Å². The maximum absolute atomic E-state index is 12.2. The minimum Gasteiger partial charge on any atom is -0.493 e. The number of methoxy groups -OCH3 is 2. The fourth-order valence-electron chi connectivity index (χ4n) is 1.92. The van der Waals surface area contributed by atoms with Crippen molar-refractivity contribution in [2.45, 2.75) is 38.3 Å². The van der Waals surface area contributed by atoms with Gasteiger partial charge >= 0.3 is 11.9 Å². The number of benzene rings is 1. The number of rotatable bonds is 6. The Morgan fingerprint density at radius 2 is 1.70 bits per heavy atom. The molecule has 1 rings (SSSR count). The number of ether oxygens (including phenoxy) is 3. The molecule has 1 atom stereocenters. The van der Waals surface area contributed by atoms with Crippen LogP contribution in [0.4, 0.5) is 0 Å². The second-order valence-corrected chi connectivity index (χ2v) is 6.14. The lowest BCUT2D eigenvalue weighted by Gasteiger charge is -2.28. The Labute approximate surface area is 135 Å². The topological polar surface area (TPSA) is 108 Å². The zero-order valence-electron chi connectivity index (χ0n) is 14.0. The molecule has 0 aliphatic carbocycles. The van der Waals surface area contributed by atoms with Crippen LogP contribution in [0, 0.1) is 0 Å². The van der Waals surface area contributed by atoms with Crippen molar-refractivity contribution in [3.05, 3.63) is 23.8 Å². The summed E-state index contributed by atoms with van der Waals surface area (Å²) in [6.45, 7) is 4.93. The van der Waals surface area contributed by atoms with Crippen LogP contribution in [0.25, 0.3) is 0 Å². The van der Waals surface area contributed by atoms with Crippen molar-refractivity contribution in [2.75, 3.05) is 14.2 Å². The first-order valence-electron chi connectivity index (χ1n) is 7.00. The Morgan fingerprint density at radius 1 is 1.13 bits per heavy atom. The van der Waals surface area contributed by atoms with E-state index in [4.69, 9.17) is 19.9 Å². The molecule has 7 heteroatoms. The van der Waals surface area contributed by atoms with Crippen molar-refractivity contribution in [1.82, 2.24) is 0 Å². The first-order valence-corrected chi connectivity index (χ1v) is 7.00. The fraction of sp³-hybridized carbons (Fsp3) is 0.500. The Morgan fingerprint density at radius 3 is 2.13 bits per heavy atom. The van der Waals surface area contributed by atoms with Gasteiger partial charge in [0.2, 0.25) is 5.54 Å². The van der Waals surface area contributed by atoms with E-state index in [0.717, 1.165) is 0 Å². The average Bonchev–Trinajstić information content (AvgIpc) is 2.44. The fourth-order valence-corrected chi connectivity index (χ4v) is 1.92. The van der Waals surface area contributed by atoms with E-state index >= 15 is 0 Å². The Bertz CT molecular complexity index is 593. The molecular weight excluding hydrogens is 302 g/mol. The van der Waals surface area contributed by atoms with Gasteiger partial charge in [0.05, 0.1) is 14.2 Å². The maximum atomic E-state index is 12.2. The van der Waals surface area contributed by atoms with Crippen LogP contribution in [-0.4, -0.2) is 42.4 Å².